The lowest BCUT2D eigenvalue weighted by molar-refractivity contribution is 0.215. The van der Waals surface area contributed by atoms with Gasteiger partial charge in [-0.1, -0.05) is 44.4 Å². The van der Waals surface area contributed by atoms with Crippen LogP contribution in [0.4, 0.5) is 0 Å². The molecule has 0 saturated heterocycles. The lowest BCUT2D eigenvalue weighted by atomic mass is 9.71. The molecular formula is C22H27BO4S. The number of methoxy groups -OCH3 is 2. The summed E-state index contributed by atoms with van der Waals surface area (Å²) < 4.78 is 18.5. The number of rotatable bonds is 9. The Kier molecular flexibility index (Phi) is 6.86. The van der Waals surface area contributed by atoms with Crippen molar-refractivity contribution < 1.29 is 19.3 Å². The Morgan fingerprint density at radius 3 is 2.46 bits per heavy atom. The standard InChI is InChI=1S/C22H27BO4S/c1-5-6-11-27-21-16(23-2)13-15(20(25-3)22(21)26-4)19(24)18-12-14-9-7-8-10-17(14)28-18/h7-10,12-13,19,23-24H,5-6,11H2,1-4H3. The fourth-order valence-corrected chi connectivity index (χ4v) is 4.40. The van der Waals surface area contributed by atoms with E-state index in [1.807, 2.05) is 24.3 Å². The molecule has 4 nitrogen and oxygen atoms in total. The van der Waals surface area contributed by atoms with Crippen molar-refractivity contribution >= 4 is 34.2 Å². The molecule has 148 valence electrons. The highest BCUT2D eigenvalue weighted by Crippen LogP contribution is 2.44. The van der Waals surface area contributed by atoms with Gasteiger partial charge >= 0.3 is 0 Å². The topological polar surface area (TPSA) is 47.9 Å². The van der Waals surface area contributed by atoms with Crippen LogP contribution in [-0.4, -0.2) is 33.2 Å². The molecule has 0 aliphatic heterocycles. The molecule has 1 N–H and O–H groups in total. The molecule has 0 amide bonds. The van der Waals surface area contributed by atoms with E-state index in [0.29, 0.717) is 29.4 Å². The molecule has 1 heterocycles. The van der Waals surface area contributed by atoms with Crippen LogP contribution in [0.3, 0.4) is 0 Å². The van der Waals surface area contributed by atoms with E-state index in [2.05, 4.69) is 25.9 Å². The quantitative estimate of drug-likeness (QED) is 0.432. The molecule has 2 aromatic carbocycles. The maximum absolute atomic E-state index is 11.2. The van der Waals surface area contributed by atoms with Crippen LogP contribution in [0.1, 0.15) is 36.3 Å². The number of aliphatic hydroxyl groups excluding tert-OH is 1. The van der Waals surface area contributed by atoms with E-state index in [0.717, 1.165) is 40.5 Å². The van der Waals surface area contributed by atoms with Crippen LogP contribution < -0.4 is 19.7 Å². The van der Waals surface area contributed by atoms with Gasteiger partial charge in [0.15, 0.2) is 18.8 Å². The smallest absolute Gasteiger partial charge is 0.203 e. The highest BCUT2D eigenvalue weighted by atomic mass is 32.1. The molecule has 0 saturated carbocycles. The first kappa shape index (κ1) is 20.6. The lowest BCUT2D eigenvalue weighted by Crippen LogP contribution is -2.20. The minimum atomic E-state index is -0.795. The number of aliphatic hydroxyl groups is 1. The molecule has 0 fully saturated rings. The van der Waals surface area contributed by atoms with Gasteiger partial charge in [0.05, 0.1) is 20.8 Å². The van der Waals surface area contributed by atoms with Crippen molar-refractivity contribution in [3.05, 3.63) is 46.8 Å². The third kappa shape index (κ3) is 3.98. The first-order valence-corrected chi connectivity index (χ1v) is 10.5. The molecule has 6 heteroatoms. The maximum atomic E-state index is 11.2. The monoisotopic (exact) mass is 398 g/mol. The molecule has 0 radical (unpaired) electrons. The van der Waals surface area contributed by atoms with Crippen molar-refractivity contribution in [2.75, 3.05) is 20.8 Å². The van der Waals surface area contributed by atoms with Crippen LogP contribution in [-0.2, 0) is 0 Å². The van der Waals surface area contributed by atoms with E-state index < -0.39 is 6.10 Å². The van der Waals surface area contributed by atoms with E-state index in [1.54, 1.807) is 25.6 Å². The first-order valence-electron chi connectivity index (χ1n) is 9.71. The zero-order valence-electron chi connectivity index (χ0n) is 17.0. The van der Waals surface area contributed by atoms with Gasteiger partial charge < -0.3 is 19.3 Å². The van der Waals surface area contributed by atoms with Gasteiger partial charge in [0.25, 0.3) is 0 Å². The average Bonchev–Trinajstić information content (AvgIpc) is 3.16. The third-order valence-electron chi connectivity index (χ3n) is 4.84. The van der Waals surface area contributed by atoms with Crippen LogP contribution in [0.15, 0.2) is 36.4 Å². The second-order valence-corrected chi connectivity index (χ2v) is 7.78. The molecule has 1 atom stereocenters. The number of hydrogen-bond donors (Lipinski definition) is 1. The van der Waals surface area contributed by atoms with E-state index >= 15 is 0 Å². The molecule has 0 spiro atoms. The van der Waals surface area contributed by atoms with Crippen molar-refractivity contribution in [2.45, 2.75) is 32.7 Å². The van der Waals surface area contributed by atoms with Crippen LogP contribution in [0.5, 0.6) is 17.2 Å². The zero-order valence-corrected chi connectivity index (χ0v) is 17.8. The summed E-state index contributed by atoms with van der Waals surface area (Å²) in [5.74, 6) is 1.78. The summed E-state index contributed by atoms with van der Waals surface area (Å²) in [5, 5.41) is 12.3. The molecule has 0 aliphatic rings. The van der Waals surface area contributed by atoms with Crippen molar-refractivity contribution in [1.29, 1.82) is 0 Å². The van der Waals surface area contributed by atoms with Crippen molar-refractivity contribution in [3.63, 3.8) is 0 Å². The predicted octanol–water partition coefficient (Wildman–Crippen LogP) is 4.29. The van der Waals surface area contributed by atoms with E-state index in [-0.39, 0.29) is 0 Å². The minimum Gasteiger partial charge on any atom is -0.492 e. The van der Waals surface area contributed by atoms with Gasteiger partial charge in [0.1, 0.15) is 6.10 Å². The SMILES string of the molecule is CBc1cc(C(O)c2cc3ccccc3s2)c(OC)c(OC)c1OCCCC. The van der Waals surface area contributed by atoms with Gasteiger partial charge in [0, 0.05) is 15.1 Å². The molecule has 0 bridgehead atoms. The Labute approximate surface area is 171 Å². The fourth-order valence-electron chi connectivity index (χ4n) is 3.33. The highest BCUT2D eigenvalue weighted by Gasteiger charge is 2.26. The molecule has 0 aliphatic carbocycles. The van der Waals surface area contributed by atoms with Gasteiger partial charge in [-0.15, -0.1) is 11.3 Å². The second-order valence-electron chi connectivity index (χ2n) is 6.67. The van der Waals surface area contributed by atoms with E-state index in [4.69, 9.17) is 14.2 Å². The minimum absolute atomic E-state index is 0.524. The van der Waals surface area contributed by atoms with Crippen LogP contribution in [0.25, 0.3) is 10.1 Å². The van der Waals surface area contributed by atoms with Crippen molar-refractivity contribution in [2.24, 2.45) is 0 Å². The average molecular weight is 398 g/mol. The van der Waals surface area contributed by atoms with Gasteiger partial charge in [-0.25, -0.2) is 0 Å². The van der Waals surface area contributed by atoms with Crippen LogP contribution in [0.2, 0.25) is 6.82 Å². The van der Waals surface area contributed by atoms with Gasteiger partial charge in [0.2, 0.25) is 5.75 Å². The zero-order chi connectivity index (χ0) is 20.1. The van der Waals surface area contributed by atoms with Crippen molar-refractivity contribution in [3.8, 4) is 17.2 Å². The fraction of sp³-hybridized carbons (Fsp3) is 0.364. The Balaban J connectivity index is 2.08. The summed E-state index contributed by atoms with van der Waals surface area (Å²) in [6.07, 6.45) is 1.24. The maximum Gasteiger partial charge on any atom is 0.203 e. The number of unbranched alkanes of at least 4 members (excludes halogenated alkanes) is 1. The molecule has 3 aromatic rings. The van der Waals surface area contributed by atoms with E-state index in [9.17, 15) is 5.11 Å². The number of hydrogen-bond acceptors (Lipinski definition) is 5. The molecular weight excluding hydrogens is 371 g/mol. The van der Waals surface area contributed by atoms with E-state index in [1.165, 1.54) is 0 Å². The Hall–Kier alpha value is -2.18. The number of fused-ring (bicyclic) bond motifs is 1. The number of ether oxygens (including phenoxy) is 3. The summed E-state index contributed by atoms with van der Waals surface area (Å²) in [6, 6.07) is 12.2. The van der Waals surface area contributed by atoms with Crippen LogP contribution in [0, 0.1) is 0 Å². The largest absolute Gasteiger partial charge is 0.492 e. The molecule has 1 unspecified atom stereocenters. The lowest BCUT2D eigenvalue weighted by Gasteiger charge is -2.22. The van der Waals surface area contributed by atoms with Crippen molar-refractivity contribution in [1.82, 2.24) is 0 Å². The molecule has 3 rings (SSSR count). The Morgan fingerprint density at radius 2 is 1.82 bits per heavy atom. The number of thiophene rings is 1. The summed E-state index contributed by atoms with van der Waals surface area (Å²) in [4.78, 5) is 0.878. The second kappa shape index (κ2) is 9.35. The van der Waals surface area contributed by atoms with Gasteiger partial charge in [-0.05, 0) is 29.4 Å². The molecule has 1 aromatic heterocycles. The highest BCUT2D eigenvalue weighted by molar-refractivity contribution is 7.19. The Morgan fingerprint density at radius 1 is 1.07 bits per heavy atom. The number of benzene rings is 2. The van der Waals surface area contributed by atoms with Gasteiger partial charge in [-0.2, -0.15) is 0 Å². The normalized spacial score (nSPS) is 12.0. The Bertz CT molecular complexity index is 905. The first-order chi connectivity index (χ1) is 13.6. The van der Waals surface area contributed by atoms with Crippen LogP contribution >= 0.6 is 11.3 Å². The summed E-state index contributed by atoms with van der Waals surface area (Å²) in [6.45, 7) is 4.83. The summed E-state index contributed by atoms with van der Waals surface area (Å²) >= 11 is 1.59. The molecule has 28 heavy (non-hydrogen) atoms. The summed E-state index contributed by atoms with van der Waals surface area (Å²) in [7, 11) is 3.98. The van der Waals surface area contributed by atoms with Gasteiger partial charge in [-0.3, -0.25) is 0 Å². The predicted molar refractivity (Wildman–Crippen MR) is 118 cm³/mol. The third-order valence-corrected chi connectivity index (χ3v) is 6.01. The summed E-state index contributed by atoms with van der Waals surface area (Å²) in [5.41, 5.74) is 1.70.